The first kappa shape index (κ1) is 12.0. The Bertz CT molecular complexity index is 469. The molecule has 0 saturated carbocycles. The van der Waals surface area contributed by atoms with E-state index in [2.05, 4.69) is 0 Å². The van der Waals surface area contributed by atoms with Crippen molar-refractivity contribution in [3.63, 3.8) is 0 Å². The molecule has 0 aliphatic carbocycles. The van der Waals surface area contributed by atoms with Crippen molar-refractivity contribution in [1.82, 2.24) is 0 Å². The molecular weight excluding hydrogens is 216 g/mol. The van der Waals surface area contributed by atoms with E-state index in [4.69, 9.17) is 4.55 Å². The smallest absolute Gasteiger partial charge is 0.294 e. The molecule has 0 aliphatic heterocycles. The van der Waals surface area contributed by atoms with Crippen LogP contribution in [0.5, 0.6) is 5.75 Å². The number of hydrogen-bond acceptors (Lipinski definition) is 3. The Kier molecular flexibility index (Phi) is 2.80. The van der Waals surface area contributed by atoms with Crippen molar-refractivity contribution >= 4 is 10.1 Å². The Hall–Kier alpha value is -1.07. The van der Waals surface area contributed by atoms with Gasteiger partial charge in [0, 0.05) is 0 Å². The maximum Gasteiger partial charge on any atom is 0.294 e. The molecule has 5 heteroatoms. The highest BCUT2D eigenvalue weighted by atomic mass is 32.2. The number of phenolic OH excluding ortho intramolecular Hbond substituents is 1. The summed E-state index contributed by atoms with van der Waals surface area (Å²) in [5.41, 5.74) is -0.0749. The van der Waals surface area contributed by atoms with Crippen molar-refractivity contribution in [3.05, 3.63) is 23.8 Å². The summed E-state index contributed by atoms with van der Waals surface area (Å²) in [6.45, 7) is 5.41. The predicted molar refractivity (Wildman–Crippen MR) is 56.6 cm³/mol. The maximum absolute atomic E-state index is 11.1. The monoisotopic (exact) mass is 230 g/mol. The maximum atomic E-state index is 11.1. The molecule has 0 heterocycles. The fourth-order valence-corrected chi connectivity index (χ4v) is 2.21. The van der Waals surface area contributed by atoms with Gasteiger partial charge in [-0.2, -0.15) is 8.42 Å². The Labute approximate surface area is 89.3 Å². The van der Waals surface area contributed by atoms with E-state index in [0.717, 1.165) is 0 Å². The fourth-order valence-electron chi connectivity index (χ4n) is 1.33. The lowest BCUT2D eigenvalue weighted by atomic mass is 9.87. The Balaban J connectivity index is 3.55. The van der Waals surface area contributed by atoms with Crippen LogP contribution in [0.1, 0.15) is 26.3 Å². The first-order valence-corrected chi connectivity index (χ1v) is 5.87. The number of benzene rings is 1. The second-order valence-corrected chi connectivity index (χ2v) is 5.80. The molecule has 0 bridgehead atoms. The summed E-state index contributed by atoms with van der Waals surface area (Å²) in [7, 11) is -4.24. The van der Waals surface area contributed by atoms with Crippen LogP contribution in [0.25, 0.3) is 0 Å². The minimum absolute atomic E-state index is 0.0210. The molecule has 1 aromatic carbocycles. The first-order valence-electron chi connectivity index (χ1n) is 4.43. The highest BCUT2D eigenvalue weighted by Crippen LogP contribution is 2.31. The Morgan fingerprint density at radius 1 is 1.20 bits per heavy atom. The van der Waals surface area contributed by atoms with Gasteiger partial charge in [0.25, 0.3) is 10.1 Å². The highest BCUT2D eigenvalue weighted by molar-refractivity contribution is 7.85. The van der Waals surface area contributed by atoms with Gasteiger partial charge in [-0.05, 0) is 29.2 Å². The van der Waals surface area contributed by atoms with Crippen LogP contribution in [0.2, 0.25) is 0 Å². The van der Waals surface area contributed by atoms with Crippen LogP contribution in [-0.2, 0) is 15.5 Å². The van der Waals surface area contributed by atoms with Crippen molar-refractivity contribution in [3.8, 4) is 5.75 Å². The lowest BCUT2D eigenvalue weighted by molar-refractivity contribution is 0.463. The van der Waals surface area contributed by atoms with E-state index < -0.39 is 15.5 Å². The summed E-state index contributed by atoms with van der Waals surface area (Å²) in [6.07, 6.45) is 0. The molecule has 0 atom stereocenters. The predicted octanol–water partition coefficient (Wildman–Crippen LogP) is 1.94. The normalized spacial score (nSPS) is 12.8. The molecule has 0 fully saturated rings. The molecule has 0 aromatic heterocycles. The standard InChI is InChI=1S/C10H14O4S/c1-10(2,3)8-6-7(11)4-5-9(8)15(12,13)14/h4-6,11H,1-3H3,(H,12,13,14). The van der Waals surface area contributed by atoms with E-state index in [0.29, 0.717) is 5.56 Å². The molecule has 1 aromatic rings. The molecule has 15 heavy (non-hydrogen) atoms. The van der Waals surface area contributed by atoms with Crippen LogP contribution in [0.3, 0.4) is 0 Å². The zero-order valence-electron chi connectivity index (χ0n) is 8.85. The zero-order chi connectivity index (χ0) is 11.9. The third kappa shape index (κ3) is 2.70. The number of rotatable bonds is 1. The highest BCUT2D eigenvalue weighted by Gasteiger charge is 2.24. The van der Waals surface area contributed by atoms with E-state index in [1.807, 2.05) is 0 Å². The summed E-state index contributed by atoms with van der Waals surface area (Å²) in [4.78, 5) is -0.159. The van der Waals surface area contributed by atoms with Crippen molar-refractivity contribution in [1.29, 1.82) is 0 Å². The van der Waals surface area contributed by atoms with Gasteiger partial charge in [0.05, 0.1) is 4.90 Å². The zero-order valence-corrected chi connectivity index (χ0v) is 9.67. The minimum Gasteiger partial charge on any atom is -0.508 e. The molecule has 4 nitrogen and oxygen atoms in total. The van der Waals surface area contributed by atoms with Crippen LogP contribution in [-0.4, -0.2) is 18.1 Å². The second kappa shape index (κ2) is 3.50. The molecule has 0 radical (unpaired) electrons. The summed E-state index contributed by atoms with van der Waals surface area (Å²) in [6, 6.07) is 3.78. The van der Waals surface area contributed by atoms with Gasteiger partial charge in [-0.25, -0.2) is 0 Å². The number of aromatic hydroxyl groups is 1. The van der Waals surface area contributed by atoms with Crippen molar-refractivity contribution in [2.24, 2.45) is 0 Å². The van der Waals surface area contributed by atoms with Gasteiger partial charge in [0.15, 0.2) is 0 Å². The summed E-state index contributed by atoms with van der Waals surface area (Å²) in [5.74, 6) is -0.0210. The minimum atomic E-state index is -4.24. The van der Waals surface area contributed by atoms with Gasteiger partial charge < -0.3 is 5.11 Å². The lowest BCUT2D eigenvalue weighted by Crippen LogP contribution is -2.16. The van der Waals surface area contributed by atoms with E-state index in [9.17, 15) is 13.5 Å². The third-order valence-electron chi connectivity index (χ3n) is 2.05. The number of phenols is 1. The molecule has 1 rings (SSSR count). The van der Waals surface area contributed by atoms with Gasteiger partial charge in [-0.1, -0.05) is 20.8 Å². The van der Waals surface area contributed by atoms with E-state index >= 15 is 0 Å². The van der Waals surface area contributed by atoms with Gasteiger partial charge in [-0.15, -0.1) is 0 Å². The van der Waals surface area contributed by atoms with Crippen LogP contribution in [0.15, 0.2) is 23.1 Å². The molecular formula is C10H14O4S. The average molecular weight is 230 g/mol. The SMILES string of the molecule is CC(C)(C)c1cc(O)ccc1S(=O)(=O)O. The summed E-state index contributed by atoms with van der Waals surface area (Å²) < 4.78 is 31.2. The van der Waals surface area contributed by atoms with Crippen LogP contribution >= 0.6 is 0 Å². The van der Waals surface area contributed by atoms with Gasteiger partial charge in [0.2, 0.25) is 0 Å². The fraction of sp³-hybridized carbons (Fsp3) is 0.400. The van der Waals surface area contributed by atoms with Crippen LogP contribution in [0, 0.1) is 0 Å². The van der Waals surface area contributed by atoms with Crippen LogP contribution in [0.4, 0.5) is 0 Å². The average Bonchev–Trinajstić information content (AvgIpc) is 2.00. The van der Waals surface area contributed by atoms with Gasteiger partial charge in [-0.3, -0.25) is 4.55 Å². The number of hydrogen-bond donors (Lipinski definition) is 2. The van der Waals surface area contributed by atoms with Crippen LogP contribution < -0.4 is 0 Å². The van der Waals surface area contributed by atoms with Crippen molar-refractivity contribution in [2.75, 3.05) is 0 Å². The third-order valence-corrected chi connectivity index (χ3v) is 2.96. The summed E-state index contributed by atoms with van der Waals surface area (Å²) in [5, 5.41) is 9.29. The largest absolute Gasteiger partial charge is 0.508 e. The van der Waals surface area contributed by atoms with Gasteiger partial charge in [0.1, 0.15) is 5.75 Å². The van der Waals surface area contributed by atoms with E-state index in [1.54, 1.807) is 20.8 Å². The molecule has 84 valence electrons. The second-order valence-electron chi connectivity index (χ2n) is 4.41. The quantitative estimate of drug-likeness (QED) is 0.723. The molecule has 0 saturated heterocycles. The summed E-state index contributed by atoms with van der Waals surface area (Å²) >= 11 is 0. The van der Waals surface area contributed by atoms with E-state index in [1.165, 1.54) is 18.2 Å². The molecule has 2 N–H and O–H groups in total. The van der Waals surface area contributed by atoms with Gasteiger partial charge >= 0.3 is 0 Å². The molecule has 0 spiro atoms. The molecule has 0 unspecified atom stereocenters. The van der Waals surface area contributed by atoms with Crippen molar-refractivity contribution < 1.29 is 18.1 Å². The van der Waals surface area contributed by atoms with E-state index in [-0.39, 0.29) is 10.6 Å². The Morgan fingerprint density at radius 3 is 2.13 bits per heavy atom. The lowest BCUT2D eigenvalue weighted by Gasteiger charge is -2.21. The van der Waals surface area contributed by atoms with Crippen molar-refractivity contribution in [2.45, 2.75) is 31.1 Å². The first-order chi connectivity index (χ1) is 6.62. The molecule has 0 aliphatic rings. The molecule has 0 amide bonds. The Morgan fingerprint density at radius 2 is 1.73 bits per heavy atom. The topological polar surface area (TPSA) is 74.6 Å².